The van der Waals surface area contributed by atoms with Gasteiger partial charge in [-0.3, -0.25) is 4.79 Å². The van der Waals surface area contributed by atoms with Crippen molar-refractivity contribution < 1.29 is 9.90 Å². The molecule has 0 aliphatic rings. The van der Waals surface area contributed by atoms with Crippen LogP contribution in [-0.2, 0) is 11.2 Å². The van der Waals surface area contributed by atoms with Crippen LogP contribution in [0.5, 0.6) is 0 Å². The topological polar surface area (TPSA) is 76.2 Å². The molecular formula is C8H9ClN2O2. The van der Waals surface area contributed by atoms with Gasteiger partial charge in [-0.1, -0.05) is 11.6 Å². The van der Waals surface area contributed by atoms with Crippen molar-refractivity contribution in [3.05, 3.63) is 23.0 Å². The average Bonchev–Trinajstić information content (AvgIpc) is 2.02. The predicted octanol–water partition coefficient (Wildman–Crippen LogP) is 1.33. The van der Waals surface area contributed by atoms with Crippen molar-refractivity contribution in [3.63, 3.8) is 0 Å². The van der Waals surface area contributed by atoms with Gasteiger partial charge in [0.2, 0.25) is 0 Å². The van der Waals surface area contributed by atoms with Crippen LogP contribution in [0.1, 0.15) is 12.0 Å². The monoisotopic (exact) mass is 200 g/mol. The Morgan fingerprint density at radius 2 is 2.38 bits per heavy atom. The molecule has 70 valence electrons. The summed E-state index contributed by atoms with van der Waals surface area (Å²) < 4.78 is 0. The summed E-state index contributed by atoms with van der Waals surface area (Å²) in [5, 5.41) is 8.75. The summed E-state index contributed by atoms with van der Waals surface area (Å²) in [6, 6.07) is 1.51. The Labute approximate surface area is 80.3 Å². The first-order chi connectivity index (χ1) is 6.09. The molecule has 13 heavy (non-hydrogen) atoms. The first-order valence-corrected chi connectivity index (χ1v) is 4.09. The second-order valence-corrected chi connectivity index (χ2v) is 2.99. The van der Waals surface area contributed by atoms with E-state index in [1.165, 1.54) is 12.3 Å². The normalized spacial score (nSPS) is 9.92. The molecule has 0 spiro atoms. The number of aryl methyl sites for hydroxylation is 1. The number of hydrogen-bond donors (Lipinski definition) is 2. The zero-order valence-corrected chi connectivity index (χ0v) is 7.58. The molecule has 0 radical (unpaired) electrons. The molecular weight excluding hydrogens is 192 g/mol. The van der Waals surface area contributed by atoms with Crippen LogP contribution in [0.15, 0.2) is 12.3 Å². The summed E-state index contributed by atoms with van der Waals surface area (Å²) in [5.74, 6) is -0.852. The molecule has 1 aromatic heterocycles. The molecule has 0 aliphatic carbocycles. The van der Waals surface area contributed by atoms with Gasteiger partial charge in [-0.15, -0.1) is 0 Å². The number of rotatable bonds is 3. The maximum Gasteiger partial charge on any atom is 0.303 e. The summed E-state index contributed by atoms with van der Waals surface area (Å²) in [6.45, 7) is 0. The van der Waals surface area contributed by atoms with Crippen LogP contribution < -0.4 is 5.73 Å². The second kappa shape index (κ2) is 4.09. The fraction of sp³-hybridized carbons (Fsp3) is 0.250. The van der Waals surface area contributed by atoms with Crippen LogP contribution in [0.2, 0.25) is 5.15 Å². The Hall–Kier alpha value is -1.29. The second-order valence-electron chi connectivity index (χ2n) is 2.60. The summed E-state index contributed by atoms with van der Waals surface area (Å²) in [6.07, 6.45) is 1.93. The van der Waals surface area contributed by atoms with E-state index in [4.69, 9.17) is 22.4 Å². The molecule has 0 saturated carbocycles. The molecule has 0 aromatic carbocycles. The van der Waals surface area contributed by atoms with E-state index in [9.17, 15) is 4.79 Å². The number of carboxylic acid groups (broad SMARTS) is 1. The number of nitrogens with zero attached hydrogens (tertiary/aromatic N) is 1. The van der Waals surface area contributed by atoms with Gasteiger partial charge in [0, 0.05) is 18.3 Å². The van der Waals surface area contributed by atoms with Gasteiger partial charge in [0.05, 0.1) is 0 Å². The highest BCUT2D eigenvalue weighted by Crippen LogP contribution is 2.16. The van der Waals surface area contributed by atoms with Crippen LogP contribution in [0.25, 0.3) is 0 Å². The number of aliphatic carboxylic acids is 1. The summed E-state index contributed by atoms with van der Waals surface area (Å²) in [7, 11) is 0. The quantitative estimate of drug-likeness (QED) is 0.722. The van der Waals surface area contributed by atoms with Crippen LogP contribution in [-0.4, -0.2) is 16.1 Å². The SMILES string of the molecule is Nc1cc(Cl)ncc1CCC(=O)O. The number of aromatic nitrogens is 1. The van der Waals surface area contributed by atoms with Gasteiger partial charge in [-0.2, -0.15) is 0 Å². The Balaban J connectivity index is 2.72. The van der Waals surface area contributed by atoms with Crippen LogP contribution in [0.3, 0.4) is 0 Å². The summed E-state index contributed by atoms with van der Waals surface area (Å²) in [4.78, 5) is 14.1. The van der Waals surface area contributed by atoms with Gasteiger partial charge in [0.15, 0.2) is 0 Å². The molecule has 0 aliphatic heterocycles. The lowest BCUT2D eigenvalue weighted by atomic mass is 10.1. The molecule has 0 atom stereocenters. The number of nitrogens with two attached hydrogens (primary N) is 1. The van der Waals surface area contributed by atoms with Crippen LogP contribution in [0.4, 0.5) is 5.69 Å². The lowest BCUT2D eigenvalue weighted by Gasteiger charge is -2.02. The molecule has 4 nitrogen and oxygen atoms in total. The van der Waals surface area contributed by atoms with E-state index < -0.39 is 5.97 Å². The highest BCUT2D eigenvalue weighted by atomic mass is 35.5. The third kappa shape index (κ3) is 2.91. The Bertz CT molecular complexity index is 328. The third-order valence-electron chi connectivity index (χ3n) is 1.60. The Morgan fingerprint density at radius 3 is 2.92 bits per heavy atom. The average molecular weight is 201 g/mol. The number of hydrogen-bond acceptors (Lipinski definition) is 3. The molecule has 1 rings (SSSR count). The smallest absolute Gasteiger partial charge is 0.303 e. The number of anilines is 1. The highest BCUT2D eigenvalue weighted by molar-refractivity contribution is 6.29. The molecule has 0 saturated heterocycles. The minimum Gasteiger partial charge on any atom is -0.481 e. The van der Waals surface area contributed by atoms with Gasteiger partial charge in [-0.05, 0) is 18.1 Å². The van der Waals surface area contributed by atoms with Crippen LogP contribution >= 0.6 is 11.6 Å². The Morgan fingerprint density at radius 1 is 1.69 bits per heavy atom. The van der Waals surface area contributed by atoms with Gasteiger partial charge in [-0.25, -0.2) is 4.98 Å². The van der Waals surface area contributed by atoms with Crippen molar-refractivity contribution in [2.45, 2.75) is 12.8 Å². The summed E-state index contributed by atoms with van der Waals surface area (Å²) in [5.41, 5.74) is 6.79. The molecule has 3 N–H and O–H groups in total. The van der Waals surface area contributed by atoms with Crippen molar-refractivity contribution >= 4 is 23.3 Å². The number of carbonyl (C=O) groups is 1. The Kier molecular flexibility index (Phi) is 3.08. The predicted molar refractivity (Wildman–Crippen MR) is 49.6 cm³/mol. The fourth-order valence-corrected chi connectivity index (χ4v) is 1.09. The van der Waals surface area contributed by atoms with E-state index in [1.54, 1.807) is 0 Å². The van der Waals surface area contributed by atoms with Gasteiger partial charge in [0.25, 0.3) is 0 Å². The number of nitrogen functional groups attached to an aromatic ring is 1. The molecule has 0 unspecified atom stereocenters. The van der Waals surface area contributed by atoms with Gasteiger partial charge in [0.1, 0.15) is 5.15 Å². The molecule has 0 fully saturated rings. The largest absolute Gasteiger partial charge is 0.481 e. The minimum absolute atomic E-state index is 0.0491. The molecule has 5 heteroatoms. The molecule has 1 aromatic rings. The van der Waals surface area contributed by atoms with Crippen molar-refractivity contribution in [1.82, 2.24) is 4.98 Å². The van der Waals surface area contributed by atoms with Crippen LogP contribution in [0, 0.1) is 0 Å². The van der Waals surface area contributed by atoms with E-state index >= 15 is 0 Å². The molecule has 0 amide bonds. The maximum absolute atomic E-state index is 10.3. The zero-order chi connectivity index (χ0) is 9.84. The van der Waals surface area contributed by atoms with E-state index in [2.05, 4.69) is 4.98 Å². The standard InChI is InChI=1S/C8H9ClN2O2/c9-7-3-6(10)5(4-11-7)1-2-8(12)13/h3-4H,1-2H2,(H2,10,11)(H,12,13). The first kappa shape index (κ1) is 9.80. The van der Waals surface area contributed by atoms with E-state index in [0.717, 1.165) is 0 Å². The zero-order valence-electron chi connectivity index (χ0n) is 6.83. The van der Waals surface area contributed by atoms with Crippen molar-refractivity contribution in [3.8, 4) is 0 Å². The molecule has 1 heterocycles. The van der Waals surface area contributed by atoms with E-state index in [1.807, 2.05) is 0 Å². The fourth-order valence-electron chi connectivity index (χ4n) is 0.923. The van der Waals surface area contributed by atoms with E-state index in [-0.39, 0.29) is 6.42 Å². The maximum atomic E-state index is 10.3. The lowest BCUT2D eigenvalue weighted by molar-refractivity contribution is -0.136. The number of carboxylic acids is 1. The van der Waals surface area contributed by atoms with E-state index in [0.29, 0.717) is 22.8 Å². The minimum atomic E-state index is -0.852. The lowest BCUT2D eigenvalue weighted by Crippen LogP contribution is -2.01. The van der Waals surface area contributed by atoms with Gasteiger partial charge < -0.3 is 10.8 Å². The van der Waals surface area contributed by atoms with Crippen molar-refractivity contribution in [2.75, 3.05) is 5.73 Å². The number of halogens is 1. The van der Waals surface area contributed by atoms with Crippen molar-refractivity contribution in [2.24, 2.45) is 0 Å². The van der Waals surface area contributed by atoms with Crippen molar-refractivity contribution in [1.29, 1.82) is 0 Å². The molecule has 0 bridgehead atoms. The first-order valence-electron chi connectivity index (χ1n) is 3.71. The number of pyridine rings is 1. The third-order valence-corrected chi connectivity index (χ3v) is 1.80. The summed E-state index contributed by atoms with van der Waals surface area (Å²) >= 11 is 5.57. The van der Waals surface area contributed by atoms with Gasteiger partial charge >= 0.3 is 5.97 Å². The highest BCUT2D eigenvalue weighted by Gasteiger charge is 2.03.